The van der Waals surface area contributed by atoms with E-state index in [-0.39, 0.29) is 5.91 Å². The van der Waals surface area contributed by atoms with Crippen LogP contribution in [0.3, 0.4) is 0 Å². The topological polar surface area (TPSA) is 62.1 Å². The van der Waals surface area contributed by atoms with Crippen LogP contribution in [0.4, 0.5) is 5.69 Å². The van der Waals surface area contributed by atoms with E-state index in [0.29, 0.717) is 17.2 Å². The molecular formula is C16H14N2O2. The van der Waals surface area contributed by atoms with Gasteiger partial charge in [-0.3, -0.25) is 4.79 Å². The molecule has 1 atom stereocenters. The minimum Gasteiger partial charge on any atom is -0.455 e. The maximum atomic E-state index is 11.8. The van der Waals surface area contributed by atoms with Crippen LogP contribution in [0, 0.1) is 17.2 Å². The number of benzene rings is 2. The summed E-state index contributed by atoms with van der Waals surface area (Å²) in [5.74, 6) is 0.163. The molecule has 20 heavy (non-hydrogen) atoms. The molecule has 0 aliphatic heterocycles. The molecule has 100 valence electrons. The van der Waals surface area contributed by atoms with Gasteiger partial charge in [-0.05, 0) is 31.2 Å². The fraction of sp³-hybridized carbons (Fsp3) is 0.125. The summed E-state index contributed by atoms with van der Waals surface area (Å²) in [7, 11) is 0. The number of nitriles is 1. The van der Waals surface area contributed by atoms with Crippen LogP contribution in [0.25, 0.3) is 0 Å². The van der Waals surface area contributed by atoms with E-state index in [1.807, 2.05) is 42.5 Å². The van der Waals surface area contributed by atoms with Crippen LogP contribution in [0.15, 0.2) is 54.6 Å². The minimum atomic E-state index is -0.709. The number of hydrogen-bond donors (Lipinski definition) is 1. The van der Waals surface area contributed by atoms with Crippen LogP contribution in [0.1, 0.15) is 6.92 Å². The smallest absolute Gasteiger partial charge is 0.241 e. The number of carbonyl (C=O) groups excluding carboxylic acids is 1. The zero-order valence-corrected chi connectivity index (χ0v) is 11.0. The average molecular weight is 266 g/mol. The standard InChI is InChI=1S/C16H14N2O2/c1-12(11-17)16(19)18-14-9-5-6-10-15(14)20-13-7-3-2-4-8-13/h2-10,12H,1H3,(H,18,19). The van der Waals surface area contributed by atoms with Crippen molar-refractivity contribution < 1.29 is 9.53 Å². The number of rotatable bonds is 4. The van der Waals surface area contributed by atoms with Crippen molar-refractivity contribution in [3.63, 3.8) is 0 Å². The van der Waals surface area contributed by atoms with Crippen molar-refractivity contribution in [3.05, 3.63) is 54.6 Å². The van der Waals surface area contributed by atoms with Crippen LogP contribution in [-0.4, -0.2) is 5.91 Å². The molecule has 4 heteroatoms. The summed E-state index contributed by atoms with van der Waals surface area (Å²) in [6.45, 7) is 1.55. The molecule has 0 aromatic heterocycles. The molecule has 0 heterocycles. The quantitative estimate of drug-likeness (QED) is 0.920. The van der Waals surface area contributed by atoms with Crippen molar-refractivity contribution in [2.75, 3.05) is 5.32 Å². The Hall–Kier alpha value is -2.80. The lowest BCUT2D eigenvalue weighted by molar-refractivity contribution is -0.117. The fourth-order valence-corrected chi connectivity index (χ4v) is 1.57. The van der Waals surface area contributed by atoms with Crippen LogP contribution >= 0.6 is 0 Å². The SMILES string of the molecule is CC(C#N)C(=O)Nc1ccccc1Oc1ccccc1. The normalized spacial score (nSPS) is 11.2. The average Bonchev–Trinajstić information content (AvgIpc) is 2.49. The Morgan fingerprint density at radius 1 is 1.15 bits per heavy atom. The summed E-state index contributed by atoms with van der Waals surface area (Å²) >= 11 is 0. The molecule has 4 nitrogen and oxygen atoms in total. The lowest BCUT2D eigenvalue weighted by atomic mass is 10.2. The third-order valence-electron chi connectivity index (χ3n) is 2.70. The van der Waals surface area contributed by atoms with Crippen molar-refractivity contribution in [3.8, 4) is 17.6 Å². The van der Waals surface area contributed by atoms with Crippen molar-refractivity contribution >= 4 is 11.6 Å². The summed E-state index contributed by atoms with van der Waals surface area (Å²) in [5.41, 5.74) is 0.545. The van der Waals surface area contributed by atoms with Gasteiger partial charge in [0.05, 0.1) is 11.8 Å². The van der Waals surface area contributed by atoms with Gasteiger partial charge in [0.1, 0.15) is 11.7 Å². The van der Waals surface area contributed by atoms with Crippen molar-refractivity contribution in [2.24, 2.45) is 5.92 Å². The number of anilines is 1. The Labute approximate surface area is 117 Å². The Bertz CT molecular complexity index is 632. The van der Waals surface area contributed by atoms with Gasteiger partial charge in [-0.15, -0.1) is 0 Å². The number of amides is 1. The van der Waals surface area contributed by atoms with Gasteiger partial charge in [-0.25, -0.2) is 0 Å². The summed E-state index contributed by atoms with van der Waals surface area (Å²) in [5, 5.41) is 11.4. The van der Waals surface area contributed by atoms with Gasteiger partial charge in [0.15, 0.2) is 5.75 Å². The maximum absolute atomic E-state index is 11.8. The van der Waals surface area contributed by atoms with Gasteiger partial charge in [0.2, 0.25) is 5.91 Å². The molecule has 0 aliphatic rings. The third-order valence-corrected chi connectivity index (χ3v) is 2.70. The molecule has 1 N–H and O–H groups in total. The highest BCUT2D eigenvalue weighted by Crippen LogP contribution is 2.29. The van der Waals surface area contributed by atoms with Crippen LogP contribution in [-0.2, 0) is 4.79 Å². The van der Waals surface area contributed by atoms with E-state index in [4.69, 9.17) is 10.00 Å². The van der Waals surface area contributed by atoms with Gasteiger partial charge in [0.25, 0.3) is 0 Å². The predicted molar refractivity (Wildman–Crippen MR) is 76.4 cm³/mol. The Morgan fingerprint density at radius 2 is 1.80 bits per heavy atom. The first-order valence-electron chi connectivity index (χ1n) is 6.23. The summed E-state index contributed by atoms with van der Waals surface area (Å²) < 4.78 is 5.73. The van der Waals surface area contributed by atoms with E-state index in [1.165, 1.54) is 0 Å². The zero-order chi connectivity index (χ0) is 14.4. The highest BCUT2D eigenvalue weighted by molar-refractivity contribution is 5.95. The van der Waals surface area contributed by atoms with Crippen LogP contribution < -0.4 is 10.1 Å². The van der Waals surface area contributed by atoms with E-state index in [0.717, 1.165) is 0 Å². The largest absolute Gasteiger partial charge is 0.455 e. The first kappa shape index (κ1) is 13.6. The van der Waals surface area contributed by atoms with E-state index in [9.17, 15) is 4.79 Å². The van der Waals surface area contributed by atoms with Gasteiger partial charge in [-0.2, -0.15) is 5.26 Å². The molecular weight excluding hydrogens is 252 g/mol. The monoisotopic (exact) mass is 266 g/mol. The number of hydrogen-bond acceptors (Lipinski definition) is 3. The van der Waals surface area contributed by atoms with Gasteiger partial charge >= 0.3 is 0 Å². The Kier molecular flexibility index (Phi) is 4.35. The molecule has 0 fully saturated rings. The third kappa shape index (κ3) is 3.36. The number of carbonyl (C=O) groups is 1. The second kappa shape index (κ2) is 6.39. The number of nitrogens with one attached hydrogen (secondary N) is 1. The molecule has 1 amide bonds. The second-order valence-corrected chi connectivity index (χ2v) is 4.25. The van der Waals surface area contributed by atoms with E-state index in [1.54, 1.807) is 25.1 Å². The van der Waals surface area contributed by atoms with Gasteiger partial charge in [-0.1, -0.05) is 30.3 Å². The summed E-state index contributed by atoms with van der Waals surface area (Å²) in [4.78, 5) is 11.8. The van der Waals surface area contributed by atoms with Crippen LogP contribution in [0.5, 0.6) is 11.5 Å². The van der Waals surface area contributed by atoms with E-state index < -0.39 is 5.92 Å². The van der Waals surface area contributed by atoms with E-state index in [2.05, 4.69) is 5.32 Å². The number of ether oxygens (including phenoxy) is 1. The van der Waals surface area contributed by atoms with Gasteiger partial charge < -0.3 is 10.1 Å². The molecule has 2 rings (SSSR count). The highest BCUT2D eigenvalue weighted by atomic mass is 16.5. The molecule has 1 unspecified atom stereocenters. The Balaban J connectivity index is 2.19. The van der Waals surface area contributed by atoms with Crippen molar-refractivity contribution in [1.29, 1.82) is 5.26 Å². The molecule has 0 saturated carbocycles. The molecule has 0 aliphatic carbocycles. The molecule has 2 aromatic rings. The molecule has 0 spiro atoms. The highest BCUT2D eigenvalue weighted by Gasteiger charge is 2.14. The molecule has 2 aromatic carbocycles. The second-order valence-electron chi connectivity index (χ2n) is 4.25. The van der Waals surface area contributed by atoms with Crippen molar-refractivity contribution in [1.82, 2.24) is 0 Å². The lowest BCUT2D eigenvalue weighted by Crippen LogP contribution is -2.19. The zero-order valence-electron chi connectivity index (χ0n) is 11.0. The fourth-order valence-electron chi connectivity index (χ4n) is 1.57. The van der Waals surface area contributed by atoms with E-state index >= 15 is 0 Å². The van der Waals surface area contributed by atoms with Gasteiger partial charge in [0, 0.05) is 0 Å². The lowest BCUT2D eigenvalue weighted by Gasteiger charge is -2.12. The molecule has 0 bridgehead atoms. The number of para-hydroxylation sites is 3. The Morgan fingerprint density at radius 3 is 2.50 bits per heavy atom. The molecule has 0 radical (unpaired) electrons. The van der Waals surface area contributed by atoms with Crippen LogP contribution in [0.2, 0.25) is 0 Å². The first-order chi connectivity index (χ1) is 9.70. The predicted octanol–water partition coefficient (Wildman–Crippen LogP) is 3.58. The summed E-state index contributed by atoms with van der Waals surface area (Å²) in [6, 6.07) is 18.3. The number of nitrogens with zero attached hydrogens (tertiary/aromatic N) is 1. The minimum absolute atomic E-state index is 0.350. The molecule has 0 saturated heterocycles. The van der Waals surface area contributed by atoms with Crippen molar-refractivity contribution in [2.45, 2.75) is 6.92 Å². The maximum Gasteiger partial charge on any atom is 0.241 e. The summed E-state index contributed by atoms with van der Waals surface area (Å²) in [6.07, 6.45) is 0. The first-order valence-corrected chi connectivity index (χ1v) is 6.23.